The molecule has 0 unspecified atom stereocenters. The molecule has 0 amide bonds. The minimum absolute atomic E-state index is 0.183. The number of aromatic nitrogens is 2. The quantitative estimate of drug-likeness (QED) is 0.408. The second-order valence-corrected chi connectivity index (χ2v) is 7.26. The van der Waals surface area contributed by atoms with Gasteiger partial charge in [0, 0.05) is 32.3 Å². The number of carbonyl (C=O) groups is 2. The van der Waals surface area contributed by atoms with Crippen molar-refractivity contribution in [2.24, 2.45) is 0 Å². The Hall–Kier alpha value is -3.61. The Morgan fingerprint density at radius 1 is 1.07 bits per heavy atom. The third kappa shape index (κ3) is 4.13. The van der Waals surface area contributed by atoms with E-state index in [2.05, 4.69) is 27.0 Å². The molecule has 148 valence electrons. The molecule has 1 N–H and O–H groups in total. The van der Waals surface area contributed by atoms with E-state index < -0.39 is 17.7 Å². The molecule has 2 aromatic carbocycles. The summed E-state index contributed by atoms with van der Waals surface area (Å²) in [7, 11) is 0. The second kappa shape index (κ2) is 7.43. The van der Waals surface area contributed by atoms with Gasteiger partial charge in [-0.3, -0.25) is 0 Å². The number of hydrogen-bond acceptors (Lipinski definition) is 6. The Bertz CT molecular complexity index is 1080. The summed E-state index contributed by atoms with van der Waals surface area (Å²) in [6.07, 6.45) is 4.03. The first kappa shape index (κ1) is 18.7. The van der Waals surface area contributed by atoms with Crippen molar-refractivity contribution in [1.29, 1.82) is 0 Å². The molecule has 1 aliphatic rings. The van der Waals surface area contributed by atoms with Crippen molar-refractivity contribution in [3.63, 3.8) is 0 Å². The van der Waals surface area contributed by atoms with E-state index in [-0.39, 0.29) is 5.57 Å². The number of anilines is 1. The first-order valence-electron chi connectivity index (χ1n) is 9.33. The number of fused-ring (bicyclic) bond motifs is 1. The highest BCUT2D eigenvalue weighted by Gasteiger charge is 2.38. The number of ether oxygens (including phenoxy) is 2. The van der Waals surface area contributed by atoms with Gasteiger partial charge in [-0.2, -0.15) is 0 Å². The molecule has 0 bridgehead atoms. The zero-order chi connectivity index (χ0) is 20.4. The van der Waals surface area contributed by atoms with Gasteiger partial charge >= 0.3 is 11.9 Å². The lowest BCUT2D eigenvalue weighted by atomic mass is 10.1. The lowest BCUT2D eigenvalue weighted by Gasteiger charge is -2.29. The van der Waals surface area contributed by atoms with E-state index in [1.165, 1.54) is 25.6 Å². The van der Waals surface area contributed by atoms with Crippen LogP contribution in [0.4, 0.5) is 5.69 Å². The van der Waals surface area contributed by atoms with Crippen LogP contribution in [-0.2, 0) is 32.0 Å². The summed E-state index contributed by atoms with van der Waals surface area (Å²) in [4.78, 5) is 28.5. The average Bonchev–Trinajstić information content (AvgIpc) is 3.08. The van der Waals surface area contributed by atoms with Crippen LogP contribution < -0.4 is 5.32 Å². The second-order valence-electron chi connectivity index (χ2n) is 7.26. The van der Waals surface area contributed by atoms with Crippen molar-refractivity contribution in [1.82, 2.24) is 9.55 Å². The number of esters is 2. The van der Waals surface area contributed by atoms with E-state index in [4.69, 9.17) is 9.47 Å². The fourth-order valence-corrected chi connectivity index (χ4v) is 3.16. The molecule has 0 atom stereocenters. The number of carbonyl (C=O) groups excluding carboxylic acids is 2. The van der Waals surface area contributed by atoms with Crippen molar-refractivity contribution in [3.05, 3.63) is 72.2 Å². The lowest BCUT2D eigenvalue weighted by Crippen LogP contribution is -2.42. The maximum atomic E-state index is 12.0. The molecule has 1 fully saturated rings. The van der Waals surface area contributed by atoms with E-state index >= 15 is 0 Å². The Morgan fingerprint density at radius 2 is 1.79 bits per heavy atom. The molecule has 0 spiro atoms. The number of nitrogens with zero attached hydrogens (tertiary/aromatic N) is 2. The summed E-state index contributed by atoms with van der Waals surface area (Å²) in [6, 6.07) is 16.0. The molecule has 7 heteroatoms. The Labute approximate surface area is 167 Å². The van der Waals surface area contributed by atoms with E-state index in [1.54, 1.807) is 0 Å². The summed E-state index contributed by atoms with van der Waals surface area (Å²) in [6.45, 7) is 3.84. The van der Waals surface area contributed by atoms with Gasteiger partial charge in [-0.15, -0.1) is 0 Å². The summed E-state index contributed by atoms with van der Waals surface area (Å²) in [5.74, 6) is -2.69. The predicted octanol–water partition coefficient (Wildman–Crippen LogP) is 3.41. The molecule has 1 aliphatic heterocycles. The smallest absolute Gasteiger partial charge is 0.350 e. The van der Waals surface area contributed by atoms with Crippen molar-refractivity contribution in [3.8, 4) is 0 Å². The number of cyclic esters (lactones) is 2. The van der Waals surface area contributed by atoms with E-state index in [1.807, 2.05) is 42.7 Å². The van der Waals surface area contributed by atoms with Crippen LogP contribution in [0.2, 0.25) is 0 Å². The highest BCUT2D eigenvalue weighted by Crippen LogP contribution is 2.23. The van der Waals surface area contributed by atoms with Gasteiger partial charge < -0.3 is 19.4 Å². The molecule has 0 saturated carbocycles. The fourth-order valence-electron chi connectivity index (χ4n) is 3.16. The third-order valence-electron chi connectivity index (χ3n) is 4.61. The van der Waals surface area contributed by atoms with Crippen molar-refractivity contribution in [2.75, 3.05) is 5.32 Å². The zero-order valence-corrected chi connectivity index (χ0v) is 16.2. The summed E-state index contributed by atoms with van der Waals surface area (Å²) in [5, 5.41) is 2.95. The number of imidazole rings is 1. The molecular formula is C22H21N3O4. The lowest BCUT2D eigenvalue weighted by molar-refractivity contribution is -0.222. The molecule has 1 saturated heterocycles. The van der Waals surface area contributed by atoms with Gasteiger partial charge in [0.25, 0.3) is 5.79 Å². The highest BCUT2D eigenvalue weighted by molar-refractivity contribution is 6.15. The number of rotatable bonds is 5. The molecule has 0 radical (unpaired) electrons. The molecule has 3 aromatic rings. The topological polar surface area (TPSA) is 82.5 Å². The Morgan fingerprint density at radius 3 is 2.52 bits per heavy atom. The molecule has 0 aliphatic carbocycles. The van der Waals surface area contributed by atoms with Crippen LogP contribution in [0.1, 0.15) is 19.4 Å². The zero-order valence-electron chi connectivity index (χ0n) is 16.2. The monoisotopic (exact) mass is 391 g/mol. The maximum absolute atomic E-state index is 12.0. The van der Waals surface area contributed by atoms with E-state index in [9.17, 15) is 9.59 Å². The first-order valence-corrected chi connectivity index (χ1v) is 9.33. The molecule has 29 heavy (non-hydrogen) atoms. The van der Waals surface area contributed by atoms with Gasteiger partial charge in [-0.25, -0.2) is 14.6 Å². The predicted molar refractivity (Wildman–Crippen MR) is 108 cm³/mol. The van der Waals surface area contributed by atoms with Crippen molar-refractivity contribution in [2.45, 2.75) is 32.6 Å². The number of aryl methyl sites for hydroxylation is 2. The molecular weight excluding hydrogens is 370 g/mol. The van der Waals surface area contributed by atoms with Crippen molar-refractivity contribution >= 4 is 28.7 Å². The van der Waals surface area contributed by atoms with Crippen LogP contribution in [0.25, 0.3) is 11.0 Å². The number of hydrogen-bond donors (Lipinski definition) is 1. The van der Waals surface area contributed by atoms with Crippen LogP contribution in [0.3, 0.4) is 0 Å². The number of benzene rings is 2. The maximum Gasteiger partial charge on any atom is 0.350 e. The van der Waals surface area contributed by atoms with E-state index in [0.717, 1.165) is 24.0 Å². The SMILES string of the molecule is CC1(C)OC(=O)C(=CNc2ccc3c(c2)ncn3CCc2ccccc2)C(=O)O1. The normalized spacial score (nSPS) is 15.7. The minimum Gasteiger partial charge on any atom is -0.419 e. The summed E-state index contributed by atoms with van der Waals surface area (Å²) < 4.78 is 12.3. The Kier molecular flexibility index (Phi) is 4.80. The molecule has 7 nitrogen and oxygen atoms in total. The largest absolute Gasteiger partial charge is 0.419 e. The van der Waals surface area contributed by atoms with Crippen LogP contribution >= 0.6 is 0 Å². The van der Waals surface area contributed by atoms with Crippen LogP contribution in [0.5, 0.6) is 0 Å². The van der Waals surface area contributed by atoms with Gasteiger partial charge in [-0.1, -0.05) is 30.3 Å². The molecule has 1 aromatic heterocycles. The van der Waals surface area contributed by atoms with Crippen LogP contribution in [0.15, 0.2) is 66.6 Å². The standard InChI is InChI=1S/C22H21N3O4/c1-22(2)28-20(26)17(21(27)29-22)13-23-16-8-9-19-18(12-16)24-14-25(19)11-10-15-6-4-3-5-7-15/h3-9,12-14,23H,10-11H2,1-2H3. The fraction of sp³-hybridized carbons (Fsp3) is 0.227. The van der Waals surface area contributed by atoms with Gasteiger partial charge in [0.2, 0.25) is 0 Å². The van der Waals surface area contributed by atoms with Crippen molar-refractivity contribution < 1.29 is 19.1 Å². The first-order chi connectivity index (χ1) is 13.9. The Balaban J connectivity index is 1.47. The average molecular weight is 391 g/mol. The highest BCUT2D eigenvalue weighted by atomic mass is 16.7. The van der Waals surface area contributed by atoms with Gasteiger partial charge in [0.15, 0.2) is 5.57 Å². The molecule has 4 rings (SSSR count). The van der Waals surface area contributed by atoms with Gasteiger partial charge in [0.1, 0.15) is 0 Å². The van der Waals surface area contributed by atoms with Gasteiger partial charge in [-0.05, 0) is 30.2 Å². The van der Waals surface area contributed by atoms with Gasteiger partial charge in [0.05, 0.1) is 17.4 Å². The summed E-state index contributed by atoms with van der Waals surface area (Å²) >= 11 is 0. The molecule has 2 heterocycles. The van der Waals surface area contributed by atoms with Crippen LogP contribution in [0, 0.1) is 0 Å². The third-order valence-corrected chi connectivity index (χ3v) is 4.61. The minimum atomic E-state index is -1.25. The van der Waals surface area contributed by atoms with E-state index in [0.29, 0.717) is 5.69 Å². The number of nitrogens with one attached hydrogen (secondary N) is 1. The van der Waals surface area contributed by atoms with Crippen LogP contribution in [-0.4, -0.2) is 27.3 Å². The summed E-state index contributed by atoms with van der Waals surface area (Å²) in [5.41, 5.74) is 3.61.